The van der Waals surface area contributed by atoms with Crippen molar-refractivity contribution in [1.29, 1.82) is 0 Å². The summed E-state index contributed by atoms with van der Waals surface area (Å²) in [6.45, 7) is 5.60. The van der Waals surface area contributed by atoms with Crippen LogP contribution in [0.2, 0.25) is 0 Å². The van der Waals surface area contributed by atoms with Crippen molar-refractivity contribution in [2.24, 2.45) is 5.92 Å². The number of aromatic hydroxyl groups is 1. The molecule has 9 N–H and O–H groups in total. The number of nitrogens with zero attached hydrogens (tertiary/aromatic N) is 3. The number of ketones is 1. The van der Waals surface area contributed by atoms with Crippen molar-refractivity contribution < 1.29 is 72.8 Å². The van der Waals surface area contributed by atoms with Crippen molar-refractivity contribution >= 4 is 104 Å². The number of thioether (sulfide) groups is 1. The zero-order chi connectivity index (χ0) is 67.4. The summed E-state index contributed by atoms with van der Waals surface area (Å²) in [6.07, 6.45) is -1.11. The lowest BCUT2D eigenvalue weighted by molar-refractivity contribution is -0.255. The average Bonchev–Trinajstić information content (AvgIpc) is 0.747. The van der Waals surface area contributed by atoms with Gasteiger partial charge in [-0.05, 0) is 102 Å². The van der Waals surface area contributed by atoms with Gasteiger partial charge < -0.3 is 71.3 Å². The number of phenolic OH excluding ortho intramolecular Hbond substituents is 1. The first-order chi connectivity index (χ1) is 43.5. The van der Waals surface area contributed by atoms with E-state index in [2.05, 4.69) is 31.9 Å². The van der Waals surface area contributed by atoms with Gasteiger partial charge in [-0.25, -0.2) is 9.37 Å². The summed E-state index contributed by atoms with van der Waals surface area (Å²) in [6, 6.07) is 22.9. The molecule has 0 fully saturated rings. The fraction of sp³-hybridized carbons (Fsp3) is 0.328. The SMILES string of the molecule is CC(C)[C@H](NC(=O)[C@H](Cc1ccc(O)cc1)NC(=O)c1ccc(-c2c3ccc(=[N+](C)C)cc-3oc3cc(N(C)C)ccc23)c(C(=O)[O-])c1)C(=O)N[C@@H](C)C(=O)N[C@@H](CC(=O)O)C(=O)N[C@@H](C)C(=O)N[C@@H](CSCCC(=O)c1ccc2cc(N(C)C)ccc2c1)C(=O)O. The molecule has 5 aromatic rings. The van der Waals surface area contributed by atoms with Crippen LogP contribution >= 0.6 is 11.8 Å². The third kappa shape index (κ3) is 17.6. The van der Waals surface area contributed by atoms with E-state index >= 15 is 0 Å². The van der Waals surface area contributed by atoms with E-state index in [1.54, 1.807) is 26.0 Å². The molecule has 0 saturated carbocycles. The molecule has 24 nitrogen and oxygen atoms in total. The molecule has 1 aliphatic heterocycles. The van der Waals surface area contributed by atoms with Crippen LogP contribution in [0.15, 0.2) is 120 Å². The number of phenols is 1. The molecule has 0 bridgehead atoms. The zero-order valence-corrected chi connectivity index (χ0v) is 53.4. The number of anilines is 2. The lowest BCUT2D eigenvalue weighted by atomic mass is 9.89. The summed E-state index contributed by atoms with van der Waals surface area (Å²) < 4.78 is 8.31. The second-order valence-electron chi connectivity index (χ2n) is 23.2. The highest BCUT2D eigenvalue weighted by molar-refractivity contribution is 7.99. The Hall–Kier alpha value is -10.3. The third-order valence-corrected chi connectivity index (χ3v) is 16.4. The quantitative estimate of drug-likeness (QED) is 0.0146. The molecular weight excluding hydrogens is 1200 g/mol. The highest BCUT2D eigenvalue weighted by atomic mass is 32.2. The molecule has 6 amide bonds. The monoisotopic (exact) mass is 1280 g/mol. The first-order valence-electron chi connectivity index (χ1n) is 29.4. The molecule has 0 saturated heterocycles. The van der Waals surface area contributed by atoms with Crippen LogP contribution in [0.3, 0.4) is 0 Å². The number of carboxylic acids is 3. The van der Waals surface area contributed by atoms with E-state index in [0.29, 0.717) is 39.0 Å². The molecule has 2 aliphatic rings. The highest BCUT2D eigenvalue weighted by Gasteiger charge is 2.34. The van der Waals surface area contributed by atoms with Crippen molar-refractivity contribution in [2.45, 2.75) is 83.2 Å². The first kappa shape index (κ1) is 69.2. The summed E-state index contributed by atoms with van der Waals surface area (Å²) in [5, 5.41) is 60.7. The maximum Gasteiger partial charge on any atom is 0.327 e. The van der Waals surface area contributed by atoms with Gasteiger partial charge in [0.05, 0.1) is 18.5 Å². The molecule has 0 aromatic heterocycles. The van der Waals surface area contributed by atoms with Gasteiger partial charge in [-0.3, -0.25) is 38.4 Å². The number of amides is 6. The third-order valence-electron chi connectivity index (χ3n) is 15.3. The maximum absolute atomic E-state index is 14.4. The Bertz CT molecular complexity index is 4030. The van der Waals surface area contributed by atoms with Crippen molar-refractivity contribution in [3.63, 3.8) is 0 Å². The predicted molar refractivity (Wildman–Crippen MR) is 347 cm³/mol. The number of rotatable bonds is 28. The zero-order valence-electron chi connectivity index (χ0n) is 52.5. The number of hydrogen-bond donors (Lipinski definition) is 9. The second-order valence-corrected chi connectivity index (χ2v) is 24.4. The van der Waals surface area contributed by atoms with Crippen molar-refractivity contribution in [3.8, 4) is 28.2 Å². The van der Waals surface area contributed by atoms with E-state index in [1.807, 2.05) is 117 Å². The van der Waals surface area contributed by atoms with Gasteiger partial charge in [0.15, 0.2) is 5.78 Å². The van der Waals surface area contributed by atoms with Gasteiger partial charge in [0.1, 0.15) is 67.4 Å². The van der Waals surface area contributed by atoms with E-state index in [1.165, 1.54) is 50.2 Å². The lowest BCUT2D eigenvalue weighted by Gasteiger charge is -2.27. The topological polar surface area (TPSA) is 349 Å². The van der Waals surface area contributed by atoms with Gasteiger partial charge in [-0.1, -0.05) is 50.2 Å². The Morgan fingerprint density at radius 3 is 1.80 bits per heavy atom. The number of carbonyl (C=O) groups is 10. The lowest BCUT2D eigenvalue weighted by Crippen LogP contribution is -2.60. The fourth-order valence-corrected chi connectivity index (χ4v) is 10.9. The minimum atomic E-state index is -1.82. The largest absolute Gasteiger partial charge is 0.545 e. The van der Waals surface area contributed by atoms with E-state index < -0.39 is 102 Å². The molecule has 0 radical (unpaired) electrons. The fourth-order valence-electron chi connectivity index (χ4n) is 9.99. The number of benzene rings is 6. The predicted octanol–water partition coefficient (Wildman–Crippen LogP) is 3.62. The summed E-state index contributed by atoms with van der Waals surface area (Å²) in [4.78, 5) is 137. The van der Waals surface area contributed by atoms with Crippen molar-refractivity contribution in [1.82, 2.24) is 36.5 Å². The Balaban J connectivity index is 0.995. The average molecular weight is 1280 g/mol. The summed E-state index contributed by atoms with van der Waals surface area (Å²) in [7, 11) is 11.3. The number of carbonyl (C=O) groups excluding carboxylic acids is 8. The smallest absolute Gasteiger partial charge is 0.327 e. The number of aromatic carboxylic acids is 1. The van der Waals surface area contributed by atoms with Gasteiger partial charge in [0.25, 0.3) is 5.91 Å². The molecule has 1 heterocycles. The standard InChI is InChI=1S/C67H75N9O15S/c1-35(2)59(65(86)69-37(4)60(81)70-52(33-57(79)80)63(84)68-36(3)61(82)72-53(67(89)90)34-92-26-25-54(78)41-14-13-40-29-43(74(5)6)17-15-39(40)28-41)73-64(85)51(27-38-11-20-46(77)21-12-38)71-62(83)42-16-22-47(50(30-42)66(87)88)58-48-23-18-44(75(7)8)31-55(48)91-56-32-45(76(9)10)19-24-49(56)58/h11-24,28-32,35-37,51-53,59H,25-27,33-34H2,1-10H3,(H9-,68,69,70,71,72,73,77,79,80,81,82,83,84,85,86,87,88,89,90)/t36-,37-,51-,52-,53-,59-/m0/s1. The minimum Gasteiger partial charge on any atom is -0.545 e. The van der Waals surface area contributed by atoms with E-state index in [4.69, 9.17) is 4.42 Å². The van der Waals surface area contributed by atoms with Gasteiger partial charge in [0, 0.05) is 109 Å². The van der Waals surface area contributed by atoms with Gasteiger partial charge in [-0.2, -0.15) is 11.8 Å². The number of carboxylic acid groups (broad SMARTS) is 3. The number of hydrogen-bond acceptors (Lipinski definition) is 16. The number of nitrogens with one attached hydrogen (secondary N) is 6. The Kier molecular flexibility index (Phi) is 22.9. The van der Waals surface area contributed by atoms with Gasteiger partial charge in [0.2, 0.25) is 34.9 Å². The van der Waals surface area contributed by atoms with Crippen LogP contribution in [0.4, 0.5) is 11.4 Å². The molecule has 6 atom stereocenters. The van der Waals surface area contributed by atoms with Crippen LogP contribution in [-0.2, 0) is 40.0 Å². The summed E-state index contributed by atoms with van der Waals surface area (Å²) >= 11 is 1.11. The molecule has 92 heavy (non-hydrogen) atoms. The van der Waals surface area contributed by atoms with Crippen LogP contribution in [0.5, 0.6) is 5.75 Å². The van der Waals surface area contributed by atoms with Crippen molar-refractivity contribution in [3.05, 3.63) is 143 Å². The number of aliphatic carboxylic acids is 2. The van der Waals surface area contributed by atoms with E-state index in [9.17, 15) is 68.4 Å². The maximum atomic E-state index is 14.4. The molecule has 0 unspecified atom stereocenters. The Morgan fingerprint density at radius 2 is 1.18 bits per heavy atom. The number of fused-ring (bicyclic) bond motifs is 3. The molecule has 484 valence electrons. The van der Waals surface area contributed by atoms with E-state index in [0.717, 1.165) is 45.3 Å². The second kappa shape index (κ2) is 30.5. The molecule has 5 aromatic carbocycles. The number of Topliss-reactive ketones (excluding diaryl/α,β-unsaturated/α-hetero) is 1. The van der Waals surface area contributed by atoms with Crippen LogP contribution in [-0.4, -0.2) is 164 Å². The minimum absolute atomic E-state index is 0.0795. The van der Waals surface area contributed by atoms with Crippen molar-refractivity contribution in [2.75, 3.05) is 63.6 Å². The molecule has 1 aliphatic carbocycles. The van der Waals surface area contributed by atoms with Crippen LogP contribution < -0.4 is 56.7 Å². The molecule has 0 spiro atoms. The van der Waals surface area contributed by atoms with Crippen LogP contribution in [0.1, 0.15) is 77.2 Å². The Labute approximate surface area is 534 Å². The molecular formula is C67H75N9O15S. The van der Waals surface area contributed by atoms with Crippen LogP contribution in [0.25, 0.3) is 44.2 Å². The van der Waals surface area contributed by atoms with Crippen LogP contribution in [0, 0.1) is 5.92 Å². The Morgan fingerprint density at radius 1 is 0.598 bits per heavy atom. The first-order valence-corrected chi connectivity index (χ1v) is 30.6. The van der Waals surface area contributed by atoms with Gasteiger partial charge in [-0.15, -0.1) is 0 Å². The molecule has 7 rings (SSSR count). The normalized spacial score (nSPS) is 13.2. The summed E-state index contributed by atoms with van der Waals surface area (Å²) in [5.41, 5.74) is 3.99. The highest BCUT2D eigenvalue weighted by Crippen LogP contribution is 2.42. The van der Waals surface area contributed by atoms with E-state index in [-0.39, 0.29) is 52.6 Å². The molecule has 25 heteroatoms. The van der Waals surface area contributed by atoms with Gasteiger partial charge >= 0.3 is 11.9 Å². The summed E-state index contributed by atoms with van der Waals surface area (Å²) in [5.74, 6) is -10.7.